The lowest BCUT2D eigenvalue weighted by Crippen LogP contribution is -2.38. The van der Waals surface area contributed by atoms with E-state index in [1.807, 2.05) is 31.2 Å². The minimum atomic E-state index is -0.525. The van der Waals surface area contributed by atoms with Crippen LogP contribution < -0.4 is 10.1 Å². The summed E-state index contributed by atoms with van der Waals surface area (Å²) < 4.78 is 5.87. The van der Waals surface area contributed by atoms with Gasteiger partial charge in [0.15, 0.2) is 6.10 Å². The first-order chi connectivity index (χ1) is 12.6. The van der Waals surface area contributed by atoms with Crippen molar-refractivity contribution in [2.75, 3.05) is 0 Å². The van der Waals surface area contributed by atoms with Crippen molar-refractivity contribution in [3.63, 3.8) is 0 Å². The number of hydrogen-bond acceptors (Lipinski definition) is 2. The molecule has 0 fully saturated rings. The molecule has 138 valence electrons. The van der Waals surface area contributed by atoms with Gasteiger partial charge in [0.1, 0.15) is 5.75 Å². The molecule has 0 saturated heterocycles. The molecular weight excluding hydrogens is 322 g/mol. The predicted molar refractivity (Wildman–Crippen MR) is 106 cm³/mol. The SMILES string of the molecule is CC[C@@H](NC(=O)[C@H](C)Oc1ccccc1C)c1ccc2c(c1)CCCC2. The highest BCUT2D eigenvalue weighted by Gasteiger charge is 2.21. The zero-order valence-corrected chi connectivity index (χ0v) is 16.0. The summed E-state index contributed by atoms with van der Waals surface area (Å²) in [7, 11) is 0. The van der Waals surface area contributed by atoms with E-state index in [1.165, 1.54) is 36.0 Å². The minimum absolute atomic E-state index is 0.0256. The van der Waals surface area contributed by atoms with Gasteiger partial charge in [-0.25, -0.2) is 0 Å². The van der Waals surface area contributed by atoms with E-state index in [0.29, 0.717) is 0 Å². The molecule has 1 aliphatic rings. The Morgan fingerprint density at radius 2 is 1.85 bits per heavy atom. The molecule has 3 nitrogen and oxygen atoms in total. The molecule has 0 saturated carbocycles. The average molecular weight is 351 g/mol. The van der Waals surface area contributed by atoms with Gasteiger partial charge in [-0.3, -0.25) is 4.79 Å². The second-order valence-corrected chi connectivity index (χ2v) is 7.23. The van der Waals surface area contributed by atoms with Crippen molar-refractivity contribution in [1.29, 1.82) is 0 Å². The summed E-state index contributed by atoms with van der Waals surface area (Å²) in [6, 6.07) is 14.5. The van der Waals surface area contributed by atoms with E-state index in [2.05, 4.69) is 30.4 Å². The molecule has 0 aromatic heterocycles. The highest BCUT2D eigenvalue weighted by molar-refractivity contribution is 5.81. The molecular formula is C23H29NO2. The Balaban J connectivity index is 1.67. The Labute approximate surface area is 156 Å². The number of rotatable bonds is 6. The van der Waals surface area contributed by atoms with E-state index in [4.69, 9.17) is 4.74 Å². The Morgan fingerprint density at radius 3 is 2.58 bits per heavy atom. The third kappa shape index (κ3) is 4.27. The lowest BCUT2D eigenvalue weighted by Gasteiger charge is -2.23. The molecule has 0 heterocycles. The van der Waals surface area contributed by atoms with Gasteiger partial charge in [0, 0.05) is 0 Å². The van der Waals surface area contributed by atoms with Gasteiger partial charge in [-0.2, -0.15) is 0 Å². The normalized spacial score (nSPS) is 15.7. The van der Waals surface area contributed by atoms with E-state index in [1.54, 1.807) is 6.92 Å². The summed E-state index contributed by atoms with van der Waals surface area (Å²) in [6.07, 6.45) is 5.22. The standard InChI is InChI=1S/C23H29NO2/c1-4-21(20-14-13-18-10-6-7-11-19(18)15-20)24-23(25)17(3)26-22-12-8-5-9-16(22)2/h5,8-9,12-15,17,21H,4,6-7,10-11H2,1-3H3,(H,24,25)/t17-,21+/m0/s1. The van der Waals surface area contributed by atoms with Crippen LogP contribution in [0, 0.1) is 6.92 Å². The molecule has 2 aromatic carbocycles. The van der Waals surface area contributed by atoms with Gasteiger partial charge in [-0.1, -0.05) is 43.3 Å². The fraction of sp³-hybridized carbons (Fsp3) is 0.435. The van der Waals surface area contributed by atoms with Gasteiger partial charge < -0.3 is 10.1 Å². The van der Waals surface area contributed by atoms with Gasteiger partial charge >= 0.3 is 0 Å². The molecule has 3 heteroatoms. The molecule has 1 N–H and O–H groups in total. The number of hydrogen-bond donors (Lipinski definition) is 1. The van der Waals surface area contributed by atoms with E-state index in [-0.39, 0.29) is 11.9 Å². The Kier molecular flexibility index (Phi) is 5.97. The molecule has 0 aliphatic heterocycles. The highest BCUT2D eigenvalue weighted by Crippen LogP contribution is 2.26. The number of ether oxygens (including phenoxy) is 1. The number of benzene rings is 2. The Morgan fingerprint density at radius 1 is 1.12 bits per heavy atom. The lowest BCUT2D eigenvalue weighted by atomic mass is 9.89. The van der Waals surface area contributed by atoms with Crippen molar-refractivity contribution >= 4 is 5.91 Å². The summed E-state index contributed by atoms with van der Waals surface area (Å²) >= 11 is 0. The van der Waals surface area contributed by atoms with Crippen molar-refractivity contribution < 1.29 is 9.53 Å². The predicted octanol–water partition coefficient (Wildman–Crippen LogP) is 4.91. The average Bonchev–Trinajstić information content (AvgIpc) is 2.67. The van der Waals surface area contributed by atoms with Crippen LogP contribution in [0.3, 0.4) is 0 Å². The summed E-state index contributed by atoms with van der Waals surface area (Å²) in [5.41, 5.74) is 5.15. The molecule has 2 atom stereocenters. The summed E-state index contributed by atoms with van der Waals surface area (Å²) in [5.74, 6) is 0.690. The number of amides is 1. The zero-order chi connectivity index (χ0) is 18.5. The fourth-order valence-corrected chi connectivity index (χ4v) is 3.61. The first kappa shape index (κ1) is 18.5. The van der Waals surface area contributed by atoms with Crippen molar-refractivity contribution in [3.8, 4) is 5.75 Å². The molecule has 0 radical (unpaired) electrons. The lowest BCUT2D eigenvalue weighted by molar-refractivity contribution is -0.128. The molecule has 2 aromatic rings. The second-order valence-electron chi connectivity index (χ2n) is 7.23. The number of aryl methyl sites for hydroxylation is 3. The fourth-order valence-electron chi connectivity index (χ4n) is 3.61. The van der Waals surface area contributed by atoms with Crippen LogP contribution >= 0.6 is 0 Å². The Hall–Kier alpha value is -2.29. The second kappa shape index (κ2) is 8.39. The van der Waals surface area contributed by atoms with Crippen molar-refractivity contribution in [1.82, 2.24) is 5.32 Å². The first-order valence-corrected chi connectivity index (χ1v) is 9.73. The number of carbonyl (C=O) groups excluding carboxylic acids is 1. The summed E-state index contributed by atoms with van der Waals surface area (Å²) in [5, 5.41) is 3.17. The van der Waals surface area contributed by atoms with Crippen LogP contribution in [0.2, 0.25) is 0 Å². The van der Waals surface area contributed by atoms with Crippen LogP contribution in [0.15, 0.2) is 42.5 Å². The van der Waals surface area contributed by atoms with Crippen LogP contribution in [0.4, 0.5) is 0 Å². The quantitative estimate of drug-likeness (QED) is 0.803. The molecule has 0 spiro atoms. The van der Waals surface area contributed by atoms with Gasteiger partial charge in [-0.05, 0) is 74.3 Å². The molecule has 1 amide bonds. The van der Waals surface area contributed by atoms with Crippen LogP contribution in [0.5, 0.6) is 5.75 Å². The van der Waals surface area contributed by atoms with Gasteiger partial charge in [0.25, 0.3) is 5.91 Å². The number of fused-ring (bicyclic) bond motifs is 1. The zero-order valence-electron chi connectivity index (χ0n) is 16.0. The van der Waals surface area contributed by atoms with Crippen molar-refractivity contribution in [2.45, 2.75) is 65.0 Å². The van der Waals surface area contributed by atoms with Crippen LogP contribution in [-0.4, -0.2) is 12.0 Å². The van der Waals surface area contributed by atoms with Crippen LogP contribution in [-0.2, 0) is 17.6 Å². The molecule has 1 aliphatic carbocycles. The summed E-state index contributed by atoms with van der Waals surface area (Å²) in [6.45, 7) is 5.90. The maximum atomic E-state index is 12.7. The summed E-state index contributed by atoms with van der Waals surface area (Å²) in [4.78, 5) is 12.7. The Bertz CT molecular complexity index is 769. The first-order valence-electron chi connectivity index (χ1n) is 9.73. The molecule has 0 unspecified atom stereocenters. The van der Waals surface area contributed by atoms with E-state index in [9.17, 15) is 4.79 Å². The van der Waals surface area contributed by atoms with Gasteiger partial charge in [-0.15, -0.1) is 0 Å². The van der Waals surface area contributed by atoms with Gasteiger partial charge in [0.2, 0.25) is 0 Å². The molecule has 26 heavy (non-hydrogen) atoms. The number of nitrogens with one attached hydrogen (secondary N) is 1. The third-order valence-corrected chi connectivity index (χ3v) is 5.27. The number of para-hydroxylation sites is 1. The van der Waals surface area contributed by atoms with Crippen molar-refractivity contribution in [2.24, 2.45) is 0 Å². The smallest absolute Gasteiger partial charge is 0.261 e. The van der Waals surface area contributed by atoms with E-state index >= 15 is 0 Å². The van der Waals surface area contributed by atoms with E-state index in [0.717, 1.165) is 24.2 Å². The van der Waals surface area contributed by atoms with Crippen LogP contribution in [0.1, 0.15) is 61.4 Å². The maximum absolute atomic E-state index is 12.7. The minimum Gasteiger partial charge on any atom is -0.481 e. The third-order valence-electron chi connectivity index (χ3n) is 5.27. The monoisotopic (exact) mass is 351 g/mol. The van der Waals surface area contributed by atoms with E-state index < -0.39 is 6.10 Å². The van der Waals surface area contributed by atoms with Crippen LogP contribution in [0.25, 0.3) is 0 Å². The van der Waals surface area contributed by atoms with Crippen molar-refractivity contribution in [3.05, 3.63) is 64.7 Å². The maximum Gasteiger partial charge on any atom is 0.261 e. The topological polar surface area (TPSA) is 38.3 Å². The largest absolute Gasteiger partial charge is 0.481 e. The molecule has 0 bridgehead atoms. The highest BCUT2D eigenvalue weighted by atomic mass is 16.5. The number of carbonyl (C=O) groups is 1. The van der Waals surface area contributed by atoms with Gasteiger partial charge in [0.05, 0.1) is 6.04 Å². The molecule has 3 rings (SSSR count).